The zero-order valence-corrected chi connectivity index (χ0v) is 26.1. The molecule has 0 atom stereocenters. The van der Waals surface area contributed by atoms with Crippen LogP contribution in [0.25, 0.3) is 21.5 Å². The molecule has 0 aliphatic heterocycles. The third-order valence-corrected chi connectivity index (χ3v) is 9.70. The maximum absolute atomic E-state index is 11.7. The van der Waals surface area contributed by atoms with Crippen LogP contribution in [-0.2, 0) is 11.3 Å². The van der Waals surface area contributed by atoms with Crippen LogP contribution >= 0.6 is 34.5 Å². The first-order chi connectivity index (χ1) is 20.2. The van der Waals surface area contributed by atoms with Gasteiger partial charge in [0.05, 0.1) is 39.1 Å². The van der Waals surface area contributed by atoms with E-state index < -0.39 is 5.97 Å². The lowest BCUT2D eigenvalue weighted by Crippen LogP contribution is -2.37. The monoisotopic (exact) mass is 629 g/mol. The Bertz CT molecular complexity index is 1590. The van der Waals surface area contributed by atoms with E-state index in [0.29, 0.717) is 51.1 Å². The van der Waals surface area contributed by atoms with Gasteiger partial charge in [-0.25, -0.2) is 9.78 Å². The van der Waals surface area contributed by atoms with E-state index in [9.17, 15) is 9.90 Å². The van der Waals surface area contributed by atoms with Crippen LogP contribution < -0.4 is 9.64 Å². The average molecular weight is 631 g/mol. The molecule has 2 aliphatic rings. The summed E-state index contributed by atoms with van der Waals surface area (Å²) in [5.74, 6) is 0.786. The molecule has 0 spiro atoms. The van der Waals surface area contributed by atoms with Gasteiger partial charge in [-0.1, -0.05) is 45.8 Å². The summed E-state index contributed by atoms with van der Waals surface area (Å²) >= 11 is 14.5. The molecule has 1 N–H and O–H groups in total. The Morgan fingerprint density at radius 1 is 1.14 bits per heavy atom. The van der Waals surface area contributed by atoms with E-state index in [1.165, 1.54) is 11.3 Å². The lowest BCUT2D eigenvalue weighted by Gasteiger charge is -2.34. The van der Waals surface area contributed by atoms with Crippen molar-refractivity contribution in [3.63, 3.8) is 0 Å². The highest BCUT2D eigenvalue weighted by Crippen LogP contribution is 2.46. The number of thiazole rings is 1. The van der Waals surface area contributed by atoms with Crippen molar-refractivity contribution in [2.45, 2.75) is 83.1 Å². The third-order valence-electron chi connectivity index (χ3n) is 7.98. The van der Waals surface area contributed by atoms with Crippen molar-refractivity contribution in [3.05, 3.63) is 57.3 Å². The molecule has 0 amide bonds. The standard InChI is InChI=1S/C31H33Cl2N3O5S/c1-16(2)40-24-13-18(30(37)38)14-25-28(24)34-31(42-25)36(3)19-9-11-20(12-10-19)39-15-21-27(35-41-29(21)17-7-8-17)26-22(32)5-4-6-23(26)33/h4-6,13-14,16-17,19-20H,7-12,15H2,1-3H3,(H,37,38). The summed E-state index contributed by atoms with van der Waals surface area (Å²) in [4.78, 5) is 18.8. The summed E-state index contributed by atoms with van der Waals surface area (Å²) in [6, 6.07) is 8.98. The van der Waals surface area contributed by atoms with Crippen molar-refractivity contribution >= 4 is 55.9 Å². The molecule has 6 rings (SSSR count). The highest BCUT2D eigenvalue weighted by molar-refractivity contribution is 7.22. The number of aromatic carboxylic acids is 1. The number of hydrogen-bond acceptors (Lipinski definition) is 8. The Morgan fingerprint density at radius 2 is 1.86 bits per heavy atom. The first kappa shape index (κ1) is 29.2. The second-order valence-electron chi connectivity index (χ2n) is 11.4. The minimum atomic E-state index is -0.982. The molecule has 222 valence electrons. The van der Waals surface area contributed by atoms with Crippen molar-refractivity contribution in [2.75, 3.05) is 11.9 Å². The van der Waals surface area contributed by atoms with Crippen LogP contribution in [0.1, 0.15) is 80.0 Å². The molecule has 0 radical (unpaired) electrons. The van der Waals surface area contributed by atoms with Crippen molar-refractivity contribution in [2.24, 2.45) is 0 Å². The molecule has 0 unspecified atom stereocenters. The Kier molecular flexibility index (Phi) is 8.37. The number of halogens is 2. The van der Waals surface area contributed by atoms with E-state index in [1.54, 1.807) is 12.1 Å². The predicted molar refractivity (Wildman–Crippen MR) is 166 cm³/mol. The highest BCUT2D eigenvalue weighted by Gasteiger charge is 2.34. The molecule has 2 saturated carbocycles. The number of ether oxygens (including phenoxy) is 2. The van der Waals surface area contributed by atoms with E-state index in [4.69, 9.17) is 42.2 Å². The van der Waals surface area contributed by atoms with Crippen LogP contribution in [0.3, 0.4) is 0 Å². The first-order valence-electron chi connectivity index (χ1n) is 14.3. The number of aromatic nitrogens is 2. The quantitative estimate of drug-likeness (QED) is 0.186. The summed E-state index contributed by atoms with van der Waals surface area (Å²) in [5, 5.41) is 15.9. The van der Waals surface area contributed by atoms with Gasteiger partial charge in [-0.2, -0.15) is 0 Å². The molecular weight excluding hydrogens is 597 g/mol. The van der Waals surface area contributed by atoms with Crippen molar-refractivity contribution in [1.82, 2.24) is 10.1 Å². The summed E-state index contributed by atoms with van der Waals surface area (Å²) in [6.07, 6.45) is 5.93. The van der Waals surface area contributed by atoms with Crippen LogP contribution in [0.15, 0.2) is 34.9 Å². The minimum Gasteiger partial charge on any atom is -0.489 e. The fourth-order valence-corrected chi connectivity index (χ4v) is 7.24. The second kappa shape index (κ2) is 12.0. The maximum Gasteiger partial charge on any atom is 0.335 e. The molecule has 2 aliphatic carbocycles. The van der Waals surface area contributed by atoms with Gasteiger partial charge in [-0.3, -0.25) is 0 Å². The summed E-state index contributed by atoms with van der Waals surface area (Å²) in [5.41, 5.74) is 3.21. The van der Waals surface area contributed by atoms with Gasteiger partial charge < -0.3 is 24.0 Å². The van der Waals surface area contributed by atoms with E-state index in [1.807, 2.05) is 32.0 Å². The lowest BCUT2D eigenvalue weighted by atomic mass is 9.92. The molecule has 2 heterocycles. The van der Waals surface area contributed by atoms with Gasteiger partial charge in [-0.05, 0) is 76.6 Å². The first-order valence-corrected chi connectivity index (χ1v) is 15.9. The number of carboxylic acids is 1. The third kappa shape index (κ3) is 5.97. The summed E-state index contributed by atoms with van der Waals surface area (Å²) in [7, 11) is 2.06. The maximum atomic E-state index is 11.7. The fourth-order valence-electron chi connectivity index (χ4n) is 5.61. The van der Waals surface area contributed by atoms with Gasteiger partial charge in [0.25, 0.3) is 0 Å². The van der Waals surface area contributed by atoms with Crippen molar-refractivity contribution < 1.29 is 23.9 Å². The van der Waals surface area contributed by atoms with Crippen molar-refractivity contribution in [3.8, 4) is 17.0 Å². The zero-order valence-electron chi connectivity index (χ0n) is 23.7. The average Bonchev–Trinajstić information content (AvgIpc) is 3.57. The predicted octanol–water partition coefficient (Wildman–Crippen LogP) is 8.59. The van der Waals surface area contributed by atoms with Gasteiger partial charge in [0.2, 0.25) is 0 Å². The number of carbonyl (C=O) groups is 1. The largest absolute Gasteiger partial charge is 0.489 e. The normalized spacial score (nSPS) is 19.0. The van der Waals surface area contributed by atoms with Gasteiger partial charge in [-0.15, -0.1) is 0 Å². The number of hydrogen-bond donors (Lipinski definition) is 1. The number of carboxylic acid groups (broad SMARTS) is 1. The number of benzene rings is 2. The lowest BCUT2D eigenvalue weighted by molar-refractivity contribution is 0.0131. The van der Waals surface area contributed by atoms with Crippen LogP contribution in [0.4, 0.5) is 5.13 Å². The van der Waals surface area contributed by atoms with Crippen LogP contribution in [-0.4, -0.2) is 46.5 Å². The van der Waals surface area contributed by atoms with Crippen molar-refractivity contribution in [1.29, 1.82) is 0 Å². The number of anilines is 1. The summed E-state index contributed by atoms with van der Waals surface area (Å²) in [6.45, 7) is 4.24. The molecule has 0 saturated heterocycles. The molecular formula is C31H33Cl2N3O5S. The Hall–Kier alpha value is -2.85. The number of nitrogens with zero attached hydrogens (tertiary/aromatic N) is 3. The fraction of sp³-hybridized carbons (Fsp3) is 0.452. The van der Waals surface area contributed by atoms with Gasteiger partial charge in [0.1, 0.15) is 22.7 Å². The SMILES string of the molecule is CC(C)Oc1cc(C(=O)O)cc2sc(N(C)C3CCC(OCc4c(-c5c(Cl)cccc5Cl)noc4C4CC4)CC3)nc12. The Labute approximate surface area is 258 Å². The number of fused-ring (bicyclic) bond motifs is 1. The molecule has 4 aromatic rings. The van der Waals surface area contributed by atoms with E-state index >= 15 is 0 Å². The van der Waals surface area contributed by atoms with Gasteiger partial charge >= 0.3 is 5.97 Å². The van der Waals surface area contributed by atoms with E-state index in [2.05, 4.69) is 17.1 Å². The van der Waals surface area contributed by atoms with Crippen LogP contribution in [0.5, 0.6) is 5.75 Å². The molecule has 42 heavy (non-hydrogen) atoms. The topological polar surface area (TPSA) is 97.9 Å². The smallest absolute Gasteiger partial charge is 0.335 e. The summed E-state index contributed by atoms with van der Waals surface area (Å²) < 4.78 is 19.0. The number of rotatable bonds is 10. The van der Waals surface area contributed by atoms with Crippen LogP contribution in [0, 0.1) is 0 Å². The Balaban J connectivity index is 1.13. The minimum absolute atomic E-state index is 0.0914. The van der Waals surface area contributed by atoms with Gasteiger partial charge in [0, 0.05) is 30.1 Å². The molecule has 2 fully saturated rings. The molecule has 11 heteroatoms. The van der Waals surface area contributed by atoms with E-state index in [0.717, 1.165) is 59.7 Å². The van der Waals surface area contributed by atoms with Crippen LogP contribution in [0.2, 0.25) is 10.0 Å². The van der Waals surface area contributed by atoms with Gasteiger partial charge in [0.15, 0.2) is 5.13 Å². The second-order valence-corrected chi connectivity index (χ2v) is 13.2. The molecule has 2 aromatic heterocycles. The molecule has 8 nitrogen and oxygen atoms in total. The Morgan fingerprint density at radius 3 is 2.50 bits per heavy atom. The molecule has 0 bridgehead atoms. The van der Waals surface area contributed by atoms with E-state index in [-0.39, 0.29) is 17.8 Å². The zero-order chi connectivity index (χ0) is 29.5. The molecule has 2 aromatic carbocycles. The highest BCUT2D eigenvalue weighted by atomic mass is 35.5.